The number of benzene rings is 1. The summed E-state index contributed by atoms with van der Waals surface area (Å²) in [7, 11) is -6.05. The van der Waals surface area contributed by atoms with Gasteiger partial charge in [0.15, 0.2) is 22.8 Å². The van der Waals surface area contributed by atoms with Gasteiger partial charge in [-0.05, 0) is 30.5 Å². The van der Waals surface area contributed by atoms with E-state index in [0.29, 0.717) is 21.8 Å². The van der Waals surface area contributed by atoms with Crippen LogP contribution in [0, 0.1) is 0 Å². The number of hydroxylamine groups is 1. The van der Waals surface area contributed by atoms with Crippen molar-refractivity contribution >= 4 is 50.5 Å². The van der Waals surface area contributed by atoms with Crippen LogP contribution in [-0.2, 0) is 14.4 Å². The van der Waals surface area contributed by atoms with Gasteiger partial charge < -0.3 is 0 Å². The fourth-order valence-corrected chi connectivity index (χ4v) is 4.51. The number of para-hydroxylation sites is 1. The van der Waals surface area contributed by atoms with Crippen molar-refractivity contribution in [1.82, 2.24) is 19.2 Å². The maximum absolute atomic E-state index is 13.6. The van der Waals surface area contributed by atoms with Gasteiger partial charge in [0, 0.05) is 17.8 Å². The molecule has 0 radical (unpaired) electrons. The van der Waals surface area contributed by atoms with Crippen molar-refractivity contribution < 1.29 is 25.9 Å². The Kier molecular flexibility index (Phi) is 5.14. The third-order valence-corrected chi connectivity index (χ3v) is 6.59. The van der Waals surface area contributed by atoms with Gasteiger partial charge in [0.25, 0.3) is 5.56 Å². The number of pyridine rings is 1. The molecule has 176 valence electrons. The SMILES string of the molecule is CSC1N=Cc2c(nc3c4ccccc4n(-c4ccccn4)n3c2=O)N1OS(=O)(=O)C(F)(F)F. The topological polar surface area (TPSA) is 111 Å². The van der Waals surface area contributed by atoms with Crippen molar-refractivity contribution in [2.24, 2.45) is 4.99 Å². The lowest BCUT2D eigenvalue weighted by atomic mass is 10.2. The number of aliphatic imine (C=N–C) groups is 1. The third kappa shape index (κ3) is 3.35. The van der Waals surface area contributed by atoms with Crippen LogP contribution >= 0.6 is 11.8 Å². The highest BCUT2D eigenvalue weighted by Crippen LogP contribution is 2.34. The number of halogens is 3. The van der Waals surface area contributed by atoms with Gasteiger partial charge in [-0.1, -0.05) is 18.2 Å². The molecule has 0 fully saturated rings. The Labute approximate surface area is 193 Å². The van der Waals surface area contributed by atoms with Crippen LogP contribution in [0.25, 0.3) is 22.4 Å². The summed E-state index contributed by atoms with van der Waals surface area (Å²) in [4.78, 5) is 26.2. The molecule has 1 aliphatic heterocycles. The third-order valence-electron chi connectivity index (χ3n) is 4.93. The van der Waals surface area contributed by atoms with Crippen molar-refractivity contribution in [3.05, 3.63) is 64.6 Å². The summed E-state index contributed by atoms with van der Waals surface area (Å²) in [6.07, 6.45) is 4.16. The number of aromatic nitrogens is 4. The number of hydrogen-bond acceptors (Lipinski definition) is 9. The molecule has 5 rings (SSSR count). The van der Waals surface area contributed by atoms with Crippen molar-refractivity contribution in [3.63, 3.8) is 0 Å². The van der Waals surface area contributed by atoms with Crippen LogP contribution in [0.1, 0.15) is 5.56 Å². The number of alkyl halides is 3. The molecule has 3 aromatic heterocycles. The first kappa shape index (κ1) is 22.4. The standard InChI is InChI=1S/C19H13F3N6O4S2/c1-33-18-24-10-12-16(28(18)32-34(30,31)19(20,21)22)25-15-11-6-2-3-7-13(11)26(27(15)17(12)29)14-8-4-5-9-23-14/h2-10,18H,1H3. The quantitative estimate of drug-likeness (QED) is 0.386. The van der Waals surface area contributed by atoms with Gasteiger partial charge >= 0.3 is 15.6 Å². The van der Waals surface area contributed by atoms with E-state index in [4.69, 9.17) is 0 Å². The van der Waals surface area contributed by atoms with Crippen LogP contribution in [0.2, 0.25) is 0 Å². The average molecular weight is 510 g/mol. The minimum Gasteiger partial charge on any atom is -0.266 e. The minimum atomic E-state index is -6.05. The van der Waals surface area contributed by atoms with Crippen LogP contribution in [-0.4, -0.2) is 51.1 Å². The molecule has 0 saturated carbocycles. The predicted octanol–water partition coefficient (Wildman–Crippen LogP) is 2.70. The van der Waals surface area contributed by atoms with Crippen LogP contribution in [0.3, 0.4) is 0 Å². The molecule has 0 bridgehead atoms. The monoisotopic (exact) mass is 510 g/mol. The van der Waals surface area contributed by atoms with E-state index in [1.54, 1.807) is 42.5 Å². The Morgan fingerprint density at radius 1 is 1.12 bits per heavy atom. The molecule has 4 aromatic rings. The van der Waals surface area contributed by atoms with Crippen LogP contribution in [0.5, 0.6) is 0 Å². The Morgan fingerprint density at radius 3 is 2.53 bits per heavy atom. The predicted molar refractivity (Wildman–Crippen MR) is 120 cm³/mol. The lowest BCUT2D eigenvalue weighted by Gasteiger charge is -2.30. The number of rotatable bonds is 4. The summed E-state index contributed by atoms with van der Waals surface area (Å²) >= 11 is 0.893. The van der Waals surface area contributed by atoms with Gasteiger partial charge in [0.2, 0.25) is 0 Å². The number of anilines is 1. The Hall–Kier alpha value is -3.43. The molecule has 15 heteroatoms. The molecular formula is C19H13F3N6O4S2. The second kappa shape index (κ2) is 7.82. The number of nitrogens with zero attached hydrogens (tertiary/aromatic N) is 6. The molecular weight excluding hydrogens is 497 g/mol. The van der Waals surface area contributed by atoms with Crippen LogP contribution < -0.4 is 10.6 Å². The number of hydrogen-bond donors (Lipinski definition) is 0. The van der Waals surface area contributed by atoms with E-state index >= 15 is 0 Å². The van der Waals surface area contributed by atoms with Gasteiger partial charge in [-0.15, -0.1) is 16.0 Å². The molecule has 1 aromatic carbocycles. The summed E-state index contributed by atoms with van der Waals surface area (Å²) in [5.41, 5.74) is -7.27. The first-order valence-corrected chi connectivity index (χ1v) is 12.2. The van der Waals surface area contributed by atoms with Crippen molar-refractivity contribution in [2.45, 2.75) is 11.0 Å². The van der Waals surface area contributed by atoms with Gasteiger partial charge in [-0.2, -0.15) is 31.2 Å². The van der Waals surface area contributed by atoms with E-state index in [2.05, 4.69) is 19.2 Å². The first-order valence-electron chi connectivity index (χ1n) is 9.48. The van der Waals surface area contributed by atoms with Crippen LogP contribution in [0.4, 0.5) is 19.0 Å². The lowest BCUT2D eigenvalue weighted by molar-refractivity contribution is -0.0552. The van der Waals surface area contributed by atoms with E-state index in [-0.39, 0.29) is 11.2 Å². The maximum atomic E-state index is 13.6. The molecule has 0 amide bonds. The average Bonchev–Trinajstić information content (AvgIpc) is 3.14. The van der Waals surface area contributed by atoms with E-state index in [1.165, 1.54) is 21.6 Å². The molecule has 10 nitrogen and oxygen atoms in total. The summed E-state index contributed by atoms with van der Waals surface area (Å²) < 4.78 is 69.8. The van der Waals surface area contributed by atoms with Gasteiger partial charge in [-0.3, -0.25) is 9.79 Å². The summed E-state index contributed by atoms with van der Waals surface area (Å²) in [6, 6.07) is 11.9. The molecule has 1 aliphatic rings. The van der Waals surface area contributed by atoms with Gasteiger partial charge in [0.05, 0.1) is 5.52 Å². The zero-order valence-electron chi connectivity index (χ0n) is 17.0. The first-order chi connectivity index (χ1) is 16.1. The van der Waals surface area contributed by atoms with Gasteiger partial charge in [-0.25, -0.2) is 14.6 Å². The molecule has 0 N–H and O–H groups in total. The minimum absolute atomic E-state index is 0.0677. The fraction of sp³-hybridized carbons (Fsp3) is 0.158. The second-order valence-electron chi connectivity index (χ2n) is 6.95. The maximum Gasteiger partial charge on any atom is 0.525 e. The molecule has 0 spiro atoms. The largest absolute Gasteiger partial charge is 0.525 e. The summed E-state index contributed by atoms with van der Waals surface area (Å²) in [6.45, 7) is 0. The molecule has 1 atom stereocenters. The zero-order chi connectivity index (χ0) is 24.3. The van der Waals surface area contributed by atoms with E-state index in [1.807, 2.05) is 0 Å². The molecule has 0 saturated heterocycles. The Morgan fingerprint density at radius 2 is 1.85 bits per heavy atom. The van der Waals surface area contributed by atoms with Crippen molar-refractivity contribution in [2.75, 3.05) is 11.3 Å². The van der Waals surface area contributed by atoms with E-state index < -0.39 is 32.5 Å². The van der Waals surface area contributed by atoms with Crippen molar-refractivity contribution in [1.29, 1.82) is 0 Å². The summed E-state index contributed by atoms with van der Waals surface area (Å²) in [5.74, 6) is -0.0175. The van der Waals surface area contributed by atoms with E-state index in [9.17, 15) is 26.4 Å². The highest BCUT2D eigenvalue weighted by molar-refractivity contribution is 7.99. The fourth-order valence-electron chi connectivity index (χ4n) is 3.49. The zero-order valence-corrected chi connectivity index (χ0v) is 18.7. The molecule has 1 unspecified atom stereocenters. The highest BCUT2D eigenvalue weighted by atomic mass is 32.2. The number of thioether (sulfide) groups is 1. The van der Waals surface area contributed by atoms with Crippen molar-refractivity contribution in [3.8, 4) is 5.82 Å². The summed E-state index contributed by atoms with van der Waals surface area (Å²) in [5, 5.41) is 0.867. The van der Waals surface area contributed by atoms with E-state index in [0.717, 1.165) is 18.0 Å². The lowest BCUT2D eigenvalue weighted by Crippen LogP contribution is -2.43. The van der Waals surface area contributed by atoms with Crippen LogP contribution in [0.15, 0.2) is 58.4 Å². The van der Waals surface area contributed by atoms with Gasteiger partial charge in [0.1, 0.15) is 5.56 Å². The smallest absolute Gasteiger partial charge is 0.266 e. The molecule has 34 heavy (non-hydrogen) atoms. The molecule has 4 heterocycles. The Balaban J connectivity index is 1.83. The molecule has 0 aliphatic carbocycles. The highest BCUT2D eigenvalue weighted by Gasteiger charge is 2.50. The normalized spacial score (nSPS) is 16.4. The second-order valence-corrected chi connectivity index (χ2v) is 9.36. The Bertz CT molecular complexity index is 1620. The number of fused-ring (bicyclic) bond motifs is 4.